The molecule has 0 radical (unpaired) electrons. The lowest BCUT2D eigenvalue weighted by atomic mass is 10.3. The highest BCUT2D eigenvalue weighted by molar-refractivity contribution is 9.10. The Bertz CT molecular complexity index is 844. The van der Waals surface area contributed by atoms with Gasteiger partial charge in [0.2, 0.25) is 0 Å². The van der Waals surface area contributed by atoms with Crippen molar-refractivity contribution in [3.05, 3.63) is 62.4 Å². The minimum absolute atomic E-state index is 0.0363. The molecule has 0 atom stereocenters. The van der Waals surface area contributed by atoms with E-state index in [-0.39, 0.29) is 5.56 Å². The van der Waals surface area contributed by atoms with Gasteiger partial charge in [0.15, 0.2) is 4.96 Å². The molecular formula is C16H16BrN3O2S. The van der Waals surface area contributed by atoms with Crippen LogP contribution in [-0.2, 0) is 6.54 Å². The second kappa shape index (κ2) is 7.25. The highest BCUT2D eigenvalue weighted by Crippen LogP contribution is 2.16. The fourth-order valence-electron chi connectivity index (χ4n) is 2.17. The van der Waals surface area contributed by atoms with E-state index in [2.05, 4.69) is 25.8 Å². The molecule has 0 aliphatic rings. The summed E-state index contributed by atoms with van der Waals surface area (Å²) in [5.41, 5.74) is 0.745. The Kier molecular flexibility index (Phi) is 5.09. The minimum atomic E-state index is -0.0363. The Morgan fingerprint density at radius 2 is 2.13 bits per heavy atom. The number of hydrogen-bond donors (Lipinski definition) is 0. The molecule has 23 heavy (non-hydrogen) atoms. The molecule has 1 aromatic carbocycles. The van der Waals surface area contributed by atoms with Gasteiger partial charge in [-0.2, -0.15) is 0 Å². The van der Waals surface area contributed by atoms with E-state index < -0.39 is 0 Å². The summed E-state index contributed by atoms with van der Waals surface area (Å²) >= 11 is 4.86. The quantitative estimate of drug-likeness (QED) is 0.645. The molecule has 2 aromatic heterocycles. The van der Waals surface area contributed by atoms with E-state index in [1.807, 2.05) is 36.7 Å². The normalized spacial score (nSPS) is 11.3. The Hall–Kier alpha value is -1.70. The summed E-state index contributed by atoms with van der Waals surface area (Å²) in [6.07, 6.45) is 1.74. The van der Waals surface area contributed by atoms with Crippen molar-refractivity contribution in [2.45, 2.75) is 6.54 Å². The number of ether oxygens (including phenoxy) is 1. The maximum absolute atomic E-state index is 12.0. The number of likely N-dealkylation sites (N-methyl/N-ethyl adjacent to an activating group) is 1. The van der Waals surface area contributed by atoms with E-state index in [9.17, 15) is 4.79 Å². The number of hydrogen-bond acceptors (Lipinski definition) is 5. The molecule has 0 saturated heterocycles. The van der Waals surface area contributed by atoms with E-state index >= 15 is 0 Å². The predicted octanol–water partition coefficient (Wildman–Crippen LogP) is 3.03. The molecule has 0 unspecified atom stereocenters. The summed E-state index contributed by atoms with van der Waals surface area (Å²) in [4.78, 5) is 19.3. The van der Waals surface area contributed by atoms with Crippen molar-refractivity contribution in [2.24, 2.45) is 0 Å². The smallest absolute Gasteiger partial charge is 0.258 e. The number of fused-ring (bicyclic) bond motifs is 1. The SMILES string of the molecule is CN(CCOc1ccc(Br)cc1)Cc1cc(=O)n2ccsc2n1. The molecular weight excluding hydrogens is 378 g/mol. The van der Waals surface area contributed by atoms with Gasteiger partial charge in [0.05, 0.1) is 5.69 Å². The van der Waals surface area contributed by atoms with Crippen LogP contribution in [0.3, 0.4) is 0 Å². The summed E-state index contributed by atoms with van der Waals surface area (Å²) in [6, 6.07) is 9.35. The third-order valence-corrected chi connectivity index (χ3v) is 4.63. The van der Waals surface area contributed by atoms with Gasteiger partial charge in [-0.3, -0.25) is 14.1 Å². The zero-order valence-electron chi connectivity index (χ0n) is 12.6. The van der Waals surface area contributed by atoms with Gasteiger partial charge >= 0.3 is 0 Å². The van der Waals surface area contributed by atoms with Crippen LogP contribution in [0.5, 0.6) is 5.75 Å². The highest BCUT2D eigenvalue weighted by Gasteiger charge is 2.06. The topological polar surface area (TPSA) is 46.8 Å². The number of thiazole rings is 1. The van der Waals surface area contributed by atoms with Gasteiger partial charge in [0.1, 0.15) is 12.4 Å². The van der Waals surface area contributed by atoms with Crippen molar-refractivity contribution in [3.63, 3.8) is 0 Å². The lowest BCUT2D eigenvalue weighted by Gasteiger charge is -2.16. The van der Waals surface area contributed by atoms with E-state index in [1.54, 1.807) is 16.7 Å². The molecule has 0 bridgehead atoms. The second-order valence-corrected chi connectivity index (χ2v) is 6.97. The zero-order valence-corrected chi connectivity index (χ0v) is 15.0. The van der Waals surface area contributed by atoms with Gasteiger partial charge in [-0.25, -0.2) is 4.98 Å². The molecule has 2 heterocycles. The molecule has 120 valence electrons. The van der Waals surface area contributed by atoms with E-state index in [1.165, 1.54) is 11.3 Å². The third-order valence-electron chi connectivity index (χ3n) is 3.34. The monoisotopic (exact) mass is 393 g/mol. The molecule has 0 N–H and O–H groups in total. The summed E-state index contributed by atoms with van der Waals surface area (Å²) in [5.74, 6) is 0.845. The van der Waals surface area contributed by atoms with Crippen LogP contribution < -0.4 is 10.3 Å². The van der Waals surface area contributed by atoms with Crippen molar-refractivity contribution in [1.82, 2.24) is 14.3 Å². The maximum Gasteiger partial charge on any atom is 0.258 e. The minimum Gasteiger partial charge on any atom is -0.492 e. The average Bonchev–Trinajstić information content (AvgIpc) is 2.98. The Morgan fingerprint density at radius 3 is 2.91 bits per heavy atom. The van der Waals surface area contributed by atoms with Crippen LogP contribution in [0.1, 0.15) is 5.69 Å². The van der Waals surface area contributed by atoms with Crippen LogP contribution in [0.4, 0.5) is 0 Å². The molecule has 0 saturated carbocycles. The van der Waals surface area contributed by atoms with Gasteiger partial charge in [-0.05, 0) is 31.3 Å². The second-order valence-electron chi connectivity index (χ2n) is 5.18. The van der Waals surface area contributed by atoms with Crippen LogP contribution in [0.15, 0.2) is 51.2 Å². The van der Waals surface area contributed by atoms with E-state index in [0.29, 0.717) is 13.2 Å². The fraction of sp³-hybridized carbons (Fsp3) is 0.250. The molecule has 5 nitrogen and oxygen atoms in total. The Labute approximate surface area is 146 Å². The standard InChI is InChI=1S/C16H16BrN3O2S/c1-19(6-8-22-14-4-2-12(17)3-5-14)11-13-10-15(21)20-7-9-23-16(20)18-13/h2-5,7,9-10H,6,8,11H2,1H3. The van der Waals surface area contributed by atoms with Crippen LogP contribution in [0.2, 0.25) is 0 Å². The Morgan fingerprint density at radius 1 is 1.35 bits per heavy atom. The van der Waals surface area contributed by atoms with Crippen molar-refractivity contribution in [3.8, 4) is 5.75 Å². The lowest BCUT2D eigenvalue weighted by molar-refractivity contribution is 0.231. The first kappa shape index (κ1) is 16.2. The molecule has 3 aromatic rings. The summed E-state index contributed by atoms with van der Waals surface area (Å²) in [5, 5.41) is 1.86. The van der Waals surface area contributed by atoms with Gasteiger partial charge in [-0.1, -0.05) is 15.9 Å². The van der Waals surface area contributed by atoms with Crippen molar-refractivity contribution in [2.75, 3.05) is 20.2 Å². The van der Waals surface area contributed by atoms with E-state index in [0.717, 1.165) is 27.4 Å². The van der Waals surface area contributed by atoms with Crippen molar-refractivity contribution >= 4 is 32.2 Å². The molecule has 3 rings (SSSR count). The number of nitrogens with zero attached hydrogens (tertiary/aromatic N) is 3. The van der Waals surface area contributed by atoms with Crippen LogP contribution in [0.25, 0.3) is 4.96 Å². The highest BCUT2D eigenvalue weighted by atomic mass is 79.9. The molecule has 0 fully saturated rings. The summed E-state index contributed by atoms with van der Waals surface area (Å²) < 4.78 is 8.30. The largest absolute Gasteiger partial charge is 0.492 e. The fourth-order valence-corrected chi connectivity index (χ4v) is 3.18. The van der Waals surface area contributed by atoms with E-state index in [4.69, 9.17) is 4.74 Å². The van der Waals surface area contributed by atoms with Gasteiger partial charge in [0.25, 0.3) is 5.56 Å². The number of aromatic nitrogens is 2. The number of halogens is 1. The van der Waals surface area contributed by atoms with Gasteiger partial charge in [0, 0.05) is 35.2 Å². The first-order valence-electron chi connectivity index (χ1n) is 7.14. The third kappa shape index (κ3) is 4.19. The number of rotatable bonds is 6. The molecule has 0 aliphatic heterocycles. The van der Waals surface area contributed by atoms with Gasteiger partial charge in [-0.15, -0.1) is 11.3 Å². The molecule has 0 aliphatic carbocycles. The van der Waals surface area contributed by atoms with Crippen LogP contribution in [-0.4, -0.2) is 34.5 Å². The first-order chi connectivity index (χ1) is 11.1. The van der Waals surface area contributed by atoms with Gasteiger partial charge < -0.3 is 4.74 Å². The summed E-state index contributed by atoms with van der Waals surface area (Å²) in [6.45, 7) is 1.95. The van der Waals surface area contributed by atoms with Crippen LogP contribution >= 0.6 is 27.3 Å². The molecule has 0 amide bonds. The van der Waals surface area contributed by atoms with Crippen molar-refractivity contribution in [1.29, 1.82) is 0 Å². The maximum atomic E-state index is 12.0. The summed E-state index contributed by atoms with van der Waals surface area (Å²) in [7, 11) is 1.99. The van der Waals surface area contributed by atoms with Crippen molar-refractivity contribution < 1.29 is 4.74 Å². The average molecular weight is 394 g/mol. The Balaban J connectivity index is 1.54. The first-order valence-corrected chi connectivity index (χ1v) is 8.82. The van der Waals surface area contributed by atoms with Crippen LogP contribution in [0, 0.1) is 0 Å². The zero-order chi connectivity index (χ0) is 16.2. The predicted molar refractivity (Wildman–Crippen MR) is 95.3 cm³/mol. The number of benzene rings is 1. The molecule has 0 spiro atoms. The molecule has 7 heteroatoms. The lowest BCUT2D eigenvalue weighted by Crippen LogP contribution is -2.25.